The van der Waals surface area contributed by atoms with E-state index in [1.165, 1.54) is 17.8 Å². The monoisotopic (exact) mass is 350 g/mol. The number of nitrogens with zero attached hydrogens (tertiary/aromatic N) is 2. The molecule has 1 aromatic rings. The third-order valence-corrected chi connectivity index (χ3v) is 4.32. The van der Waals surface area contributed by atoms with Gasteiger partial charge in [-0.3, -0.25) is 4.90 Å². The van der Waals surface area contributed by atoms with Crippen LogP contribution < -0.4 is 4.74 Å². The van der Waals surface area contributed by atoms with Gasteiger partial charge in [-0.1, -0.05) is 36.4 Å². The van der Waals surface area contributed by atoms with Crippen molar-refractivity contribution in [3.63, 3.8) is 0 Å². The van der Waals surface area contributed by atoms with E-state index in [9.17, 15) is 13.2 Å². The highest BCUT2D eigenvalue weighted by Gasteiger charge is 2.31. The largest absolute Gasteiger partial charge is 0.573 e. The van der Waals surface area contributed by atoms with Crippen molar-refractivity contribution < 1.29 is 17.9 Å². The zero-order valence-electron chi connectivity index (χ0n) is 13.9. The SMILES string of the molecule is FC(F)(F)Oc1ccc(CN2CCN(C3=CC=CC=CC3)CC2)cc1. The van der Waals surface area contributed by atoms with E-state index in [0.29, 0.717) is 0 Å². The van der Waals surface area contributed by atoms with Crippen LogP contribution in [0.25, 0.3) is 0 Å². The summed E-state index contributed by atoms with van der Waals surface area (Å²) >= 11 is 0. The van der Waals surface area contributed by atoms with Gasteiger partial charge in [-0.05, 0) is 23.8 Å². The summed E-state index contributed by atoms with van der Waals surface area (Å²) in [6, 6.07) is 6.12. The van der Waals surface area contributed by atoms with Crippen molar-refractivity contribution in [2.45, 2.75) is 19.3 Å². The zero-order chi connectivity index (χ0) is 17.7. The lowest BCUT2D eigenvalue weighted by Crippen LogP contribution is -2.45. The molecule has 0 atom stereocenters. The number of allylic oxidation sites excluding steroid dienone is 5. The van der Waals surface area contributed by atoms with Crippen molar-refractivity contribution in [1.82, 2.24) is 9.80 Å². The Bertz CT molecular complexity index is 654. The smallest absolute Gasteiger partial charge is 0.406 e. The van der Waals surface area contributed by atoms with E-state index in [-0.39, 0.29) is 5.75 Å². The summed E-state index contributed by atoms with van der Waals surface area (Å²) in [4.78, 5) is 4.72. The van der Waals surface area contributed by atoms with Crippen LogP contribution in [0.2, 0.25) is 0 Å². The molecule has 0 amide bonds. The van der Waals surface area contributed by atoms with Crippen molar-refractivity contribution >= 4 is 0 Å². The minimum absolute atomic E-state index is 0.178. The normalized spacial score (nSPS) is 18.8. The first kappa shape index (κ1) is 17.6. The van der Waals surface area contributed by atoms with Crippen LogP contribution in [0.1, 0.15) is 12.0 Å². The molecule has 1 aromatic carbocycles. The Morgan fingerprint density at radius 2 is 1.64 bits per heavy atom. The molecule has 0 spiro atoms. The van der Waals surface area contributed by atoms with Gasteiger partial charge in [-0.15, -0.1) is 13.2 Å². The summed E-state index contributed by atoms with van der Waals surface area (Å²) in [5.74, 6) is -0.178. The fraction of sp³-hybridized carbons (Fsp3) is 0.368. The molecule has 0 aromatic heterocycles. The molecule has 3 rings (SSSR count). The van der Waals surface area contributed by atoms with Crippen LogP contribution in [0.15, 0.2) is 60.3 Å². The van der Waals surface area contributed by atoms with Crippen LogP contribution in [0.4, 0.5) is 13.2 Å². The molecule has 0 saturated carbocycles. The van der Waals surface area contributed by atoms with Crippen molar-refractivity contribution in [3.05, 3.63) is 65.9 Å². The molecule has 1 fully saturated rings. The lowest BCUT2D eigenvalue weighted by molar-refractivity contribution is -0.274. The van der Waals surface area contributed by atoms with Crippen molar-refractivity contribution in [3.8, 4) is 5.75 Å². The Hall–Kier alpha value is -2.21. The van der Waals surface area contributed by atoms with Crippen LogP contribution in [-0.4, -0.2) is 42.3 Å². The van der Waals surface area contributed by atoms with Crippen LogP contribution in [0, 0.1) is 0 Å². The summed E-state index contributed by atoms with van der Waals surface area (Å²) in [6.45, 7) is 4.53. The second-order valence-electron chi connectivity index (χ2n) is 6.13. The van der Waals surface area contributed by atoms with Gasteiger partial charge >= 0.3 is 6.36 Å². The summed E-state index contributed by atoms with van der Waals surface area (Å²) < 4.78 is 40.4. The highest BCUT2D eigenvalue weighted by molar-refractivity contribution is 5.27. The van der Waals surface area contributed by atoms with Gasteiger partial charge < -0.3 is 9.64 Å². The molecular formula is C19H21F3N2O. The fourth-order valence-corrected chi connectivity index (χ4v) is 3.05. The molecule has 0 N–H and O–H groups in total. The first-order valence-electron chi connectivity index (χ1n) is 8.34. The molecule has 2 aliphatic rings. The number of ether oxygens (including phenoxy) is 1. The summed E-state index contributed by atoms with van der Waals surface area (Å²) in [5.41, 5.74) is 2.32. The predicted octanol–water partition coefficient (Wildman–Crippen LogP) is 4.10. The molecule has 1 aliphatic carbocycles. The van der Waals surface area contributed by atoms with E-state index in [1.54, 1.807) is 12.1 Å². The Morgan fingerprint density at radius 1 is 0.920 bits per heavy atom. The number of halogens is 3. The molecule has 6 heteroatoms. The minimum atomic E-state index is -4.64. The summed E-state index contributed by atoms with van der Waals surface area (Å²) in [5, 5.41) is 0. The topological polar surface area (TPSA) is 15.7 Å². The number of piperazine rings is 1. The number of hydrogen-bond acceptors (Lipinski definition) is 3. The highest BCUT2D eigenvalue weighted by atomic mass is 19.4. The molecule has 1 heterocycles. The average Bonchev–Trinajstić information content (AvgIpc) is 2.85. The minimum Gasteiger partial charge on any atom is -0.406 e. The molecule has 1 saturated heterocycles. The van der Waals surface area contributed by atoms with Gasteiger partial charge in [0.25, 0.3) is 0 Å². The van der Waals surface area contributed by atoms with Crippen LogP contribution >= 0.6 is 0 Å². The molecule has 25 heavy (non-hydrogen) atoms. The van der Waals surface area contributed by atoms with Crippen LogP contribution in [-0.2, 0) is 6.54 Å². The van der Waals surface area contributed by atoms with Gasteiger partial charge in [0.05, 0.1) is 0 Å². The van der Waals surface area contributed by atoms with E-state index in [2.05, 4.69) is 38.8 Å². The van der Waals surface area contributed by atoms with E-state index in [0.717, 1.165) is 44.7 Å². The lowest BCUT2D eigenvalue weighted by atomic mass is 10.1. The Kier molecular flexibility index (Phi) is 5.48. The standard InChI is InChI=1S/C19H21F3N2O/c20-19(21,22)25-18-9-7-16(8-10-18)15-23-11-13-24(14-12-23)17-5-3-1-2-4-6-17/h1-5,7-10H,6,11-15H2. The van der Waals surface area contributed by atoms with Gasteiger partial charge in [-0.25, -0.2) is 0 Å². The molecule has 134 valence electrons. The van der Waals surface area contributed by atoms with E-state index in [4.69, 9.17) is 0 Å². The number of rotatable bonds is 4. The van der Waals surface area contributed by atoms with Crippen LogP contribution in [0.3, 0.4) is 0 Å². The number of alkyl halides is 3. The summed E-state index contributed by atoms with van der Waals surface area (Å²) in [6.07, 6.45) is 6.79. The summed E-state index contributed by atoms with van der Waals surface area (Å²) in [7, 11) is 0. The molecule has 3 nitrogen and oxygen atoms in total. The Labute approximate surface area is 145 Å². The second kappa shape index (κ2) is 7.78. The van der Waals surface area contributed by atoms with Crippen LogP contribution in [0.5, 0.6) is 5.75 Å². The molecular weight excluding hydrogens is 329 g/mol. The molecule has 1 aliphatic heterocycles. The van der Waals surface area contributed by atoms with Gasteiger partial charge in [0.15, 0.2) is 0 Å². The van der Waals surface area contributed by atoms with Crippen molar-refractivity contribution in [1.29, 1.82) is 0 Å². The van der Waals surface area contributed by atoms with Gasteiger partial charge in [-0.2, -0.15) is 0 Å². The number of hydrogen-bond donors (Lipinski definition) is 0. The van der Waals surface area contributed by atoms with E-state index in [1.807, 2.05) is 6.08 Å². The third kappa shape index (κ3) is 5.39. The van der Waals surface area contributed by atoms with Gasteiger partial charge in [0, 0.05) is 44.8 Å². The maximum absolute atomic E-state index is 12.2. The number of benzene rings is 1. The van der Waals surface area contributed by atoms with Gasteiger partial charge in [0.2, 0.25) is 0 Å². The fourth-order valence-electron chi connectivity index (χ4n) is 3.05. The molecule has 0 bridgehead atoms. The van der Waals surface area contributed by atoms with E-state index < -0.39 is 6.36 Å². The molecule has 0 unspecified atom stereocenters. The predicted molar refractivity (Wildman–Crippen MR) is 91.0 cm³/mol. The molecule has 0 radical (unpaired) electrons. The average molecular weight is 350 g/mol. The first-order chi connectivity index (χ1) is 12.0. The Balaban J connectivity index is 1.50. The van der Waals surface area contributed by atoms with Gasteiger partial charge in [0.1, 0.15) is 5.75 Å². The maximum atomic E-state index is 12.2. The Morgan fingerprint density at radius 3 is 2.32 bits per heavy atom. The zero-order valence-corrected chi connectivity index (χ0v) is 13.9. The third-order valence-electron chi connectivity index (χ3n) is 4.32. The van der Waals surface area contributed by atoms with E-state index >= 15 is 0 Å². The highest BCUT2D eigenvalue weighted by Crippen LogP contribution is 2.23. The lowest BCUT2D eigenvalue weighted by Gasteiger charge is -2.37. The quantitative estimate of drug-likeness (QED) is 0.813. The first-order valence-corrected chi connectivity index (χ1v) is 8.34. The van der Waals surface area contributed by atoms with Crippen molar-refractivity contribution in [2.24, 2.45) is 0 Å². The maximum Gasteiger partial charge on any atom is 0.573 e. The second-order valence-corrected chi connectivity index (χ2v) is 6.13. The van der Waals surface area contributed by atoms with Crippen molar-refractivity contribution in [2.75, 3.05) is 26.2 Å².